The largest absolute Gasteiger partial charge is 0.481 e. The Morgan fingerprint density at radius 1 is 1.11 bits per heavy atom. The van der Waals surface area contributed by atoms with Gasteiger partial charge in [-0.1, -0.05) is 33.1 Å². The molecule has 0 amide bonds. The Balaban J connectivity index is 1.89. The smallest absolute Gasteiger partial charge is 0.306 e. The van der Waals surface area contributed by atoms with Gasteiger partial charge in [0.05, 0.1) is 5.92 Å². The monoisotopic (exact) mass is 267 g/mol. The molecule has 0 spiro atoms. The molecule has 0 radical (unpaired) electrons. The molecule has 3 heteroatoms. The molecule has 110 valence electrons. The van der Waals surface area contributed by atoms with Crippen molar-refractivity contribution in [3.63, 3.8) is 0 Å². The Morgan fingerprint density at radius 3 is 2.53 bits per heavy atom. The first-order chi connectivity index (χ1) is 9.08. The Labute approximate surface area is 117 Å². The van der Waals surface area contributed by atoms with Gasteiger partial charge in [0.2, 0.25) is 0 Å². The number of nitrogens with one attached hydrogen (secondary N) is 1. The van der Waals surface area contributed by atoms with Gasteiger partial charge in [-0.3, -0.25) is 4.79 Å². The lowest BCUT2D eigenvalue weighted by atomic mass is 9.76. The predicted molar refractivity (Wildman–Crippen MR) is 77.1 cm³/mol. The zero-order valence-electron chi connectivity index (χ0n) is 12.4. The van der Waals surface area contributed by atoms with Crippen molar-refractivity contribution in [2.45, 2.75) is 77.3 Å². The van der Waals surface area contributed by atoms with Crippen molar-refractivity contribution in [3.05, 3.63) is 0 Å². The predicted octanol–water partition coefficient (Wildman–Crippen LogP) is 3.43. The number of carboxylic acid groups (broad SMARTS) is 1. The highest BCUT2D eigenvalue weighted by Gasteiger charge is 2.32. The van der Waals surface area contributed by atoms with Gasteiger partial charge in [0.1, 0.15) is 0 Å². The zero-order chi connectivity index (χ0) is 13.8. The van der Waals surface area contributed by atoms with Gasteiger partial charge in [-0.2, -0.15) is 0 Å². The molecule has 19 heavy (non-hydrogen) atoms. The van der Waals surface area contributed by atoms with Crippen molar-refractivity contribution >= 4 is 5.97 Å². The summed E-state index contributed by atoms with van der Waals surface area (Å²) in [5, 5.41) is 13.0. The minimum Gasteiger partial charge on any atom is -0.481 e. The van der Waals surface area contributed by atoms with Gasteiger partial charge < -0.3 is 10.4 Å². The summed E-state index contributed by atoms with van der Waals surface area (Å²) < 4.78 is 0. The number of rotatable bonds is 4. The van der Waals surface area contributed by atoms with Crippen LogP contribution in [-0.2, 0) is 4.79 Å². The maximum atomic E-state index is 11.1. The second kappa shape index (κ2) is 6.74. The first kappa shape index (κ1) is 14.8. The molecule has 2 aliphatic carbocycles. The van der Waals surface area contributed by atoms with Crippen LogP contribution in [0, 0.1) is 17.8 Å². The molecule has 2 N–H and O–H groups in total. The van der Waals surface area contributed by atoms with Crippen LogP contribution in [0.25, 0.3) is 0 Å². The van der Waals surface area contributed by atoms with E-state index in [4.69, 9.17) is 0 Å². The van der Waals surface area contributed by atoms with Crippen LogP contribution in [0.3, 0.4) is 0 Å². The molecule has 2 aliphatic rings. The van der Waals surface area contributed by atoms with Crippen LogP contribution in [0.15, 0.2) is 0 Å². The first-order valence-electron chi connectivity index (χ1n) is 8.06. The van der Waals surface area contributed by atoms with Gasteiger partial charge >= 0.3 is 5.97 Å². The highest BCUT2D eigenvalue weighted by atomic mass is 16.4. The minimum atomic E-state index is -0.601. The maximum absolute atomic E-state index is 11.1. The molecule has 2 fully saturated rings. The van der Waals surface area contributed by atoms with E-state index in [0.29, 0.717) is 12.1 Å². The Kier molecular flexibility index (Phi) is 5.26. The SMILES string of the molecule is CC(C)C1CCCCC1NC1CCCC(C(=O)O)C1. The third kappa shape index (κ3) is 3.95. The average Bonchev–Trinajstić information content (AvgIpc) is 2.39. The molecule has 0 heterocycles. The Hall–Kier alpha value is -0.570. The summed E-state index contributed by atoms with van der Waals surface area (Å²) in [6.07, 6.45) is 9.22. The summed E-state index contributed by atoms with van der Waals surface area (Å²) in [5.74, 6) is 0.790. The zero-order valence-corrected chi connectivity index (χ0v) is 12.4. The summed E-state index contributed by atoms with van der Waals surface area (Å²) in [6.45, 7) is 4.65. The van der Waals surface area contributed by atoms with E-state index < -0.39 is 5.97 Å². The number of carbonyl (C=O) groups is 1. The van der Waals surface area contributed by atoms with Crippen molar-refractivity contribution in [2.24, 2.45) is 17.8 Å². The normalized spacial score (nSPS) is 36.4. The van der Waals surface area contributed by atoms with E-state index in [1.165, 1.54) is 25.7 Å². The van der Waals surface area contributed by atoms with Gasteiger partial charge in [-0.05, 0) is 43.9 Å². The minimum absolute atomic E-state index is 0.118. The van der Waals surface area contributed by atoms with E-state index in [1.807, 2.05) is 0 Å². The number of hydrogen-bond acceptors (Lipinski definition) is 2. The Bertz CT molecular complexity index is 303. The maximum Gasteiger partial charge on any atom is 0.306 e. The molecule has 0 aromatic carbocycles. The van der Waals surface area contributed by atoms with E-state index in [1.54, 1.807) is 0 Å². The molecular weight excluding hydrogens is 238 g/mol. The first-order valence-corrected chi connectivity index (χ1v) is 8.06. The molecule has 4 unspecified atom stereocenters. The lowest BCUT2D eigenvalue weighted by Gasteiger charge is -2.39. The molecule has 0 saturated heterocycles. The second-order valence-corrected chi connectivity index (χ2v) is 6.86. The van der Waals surface area contributed by atoms with Crippen molar-refractivity contribution in [1.82, 2.24) is 5.32 Å². The number of aliphatic carboxylic acids is 1. The van der Waals surface area contributed by atoms with E-state index in [2.05, 4.69) is 19.2 Å². The average molecular weight is 267 g/mol. The molecule has 0 bridgehead atoms. The van der Waals surface area contributed by atoms with Gasteiger partial charge in [0.25, 0.3) is 0 Å². The molecular formula is C16H29NO2. The van der Waals surface area contributed by atoms with Crippen molar-refractivity contribution in [1.29, 1.82) is 0 Å². The highest BCUT2D eigenvalue weighted by Crippen LogP contribution is 2.32. The van der Waals surface area contributed by atoms with E-state index in [9.17, 15) is 9.90 Å². The Morgan fingerprint density at radius 2 is 1.84 bits per heavy atom. The van der Waals surface area contributed by atoms with Crippen LogP contribution in [0.5, 0.6) is 0 Å². The summed E-state index contributed by atoms with van der Waals surface area (Å²) in [4.78, 5) is 11.1. The van der Waals surface area contributed by atoms with E-state index in [0.717, 1.165) is 37.5 Å². The molecule has 0 aliphatic heterocycles. The van der Waals surface area contributed by atoms with Crippen LogP contribution in [0.4, 0.5) is 0 Å². The molecule has 2 saturated carbocycles. The summed E-state index contributed by atoms with van der Waals surface area (Å²) in [6, 6.07) is 1.05. The third-order valence-electron chi connectivity index (χ3n) is 5.15. The lowest BCUT2D eigenvalue weighted by molar-refractivity contribution is -0.143. The molecule has 4 atom stereocenters. The van der Waals surface area contributed by atoms with Gasteiger partial charge in [-0.15, -0.1) is 0 Å². The van der Waals surface area contributed by atoms with E-state index >= 15 is 0 Å². The summed E-state index contributed by atoms with van der Waals surface area (Å²) >= 11 is 0. The standard InChI is InChI=1S/C16H29NO2/c1-11(2)14-8-3-4-9-15(14)17-13-7-5-6-12(10-13)16(18)19/h11-15,17H,3-10H2,1-2H3,(H,18,19). The molecule has 3 nitrogen and oxygen atoms in total. The van der Waals surface area contributed by atoms with Crippen molar-refractivity contribution < 1.29 is 9.90 Å². The van der Waals surface area contributed by atoms with Gasteiger partial charge in [0, 0.05) is 12.1 Å². The third-order valence-corrected chi connectivity index (χ3v) is 5.15. The second-order valence-electron chi connectivity index (χ2n) is 6.86. The molecule has 0 aromatic rings. The van der Waals surface area contributed by atoms with Crippen LogP contribution >= 0.6 is 0 Å². The fourth-order valence-corrected chi connectivity index (χ4v) is 4.03. The van der Waals surface area contributed by atoms with Crippen molar-refractivity contribution in [3.8, 4) is 0 Å². The summed E-state index contributed by atoms with van der Waals surface area (Å²) in [5.41, 5.74) is 0. The van der Waals surface area contributed by atoms with Gasteiger partial charge in [-0.25, -0.2) is 0 Å². The van der Waals surface area contributed by atoms with Gasteiger partial charge in [0.15, 0.2) is 0 Å². The molecule has 0 aromatic heterocycles. The number of hydrogen-bond donors (Lipinski definition) is 2. The summed E-state index contributed by atoms with van der Waals surface area (Å²) in [7, 11) is 0. The van der Waals surface area contributed by atoms with Crippen LogP contribution in [0.1, 0.15) is 65.2 Å². The highest BCUT2D eigenvalue weighted by molar-refractivity contribution is 5.70. The van der Waals surface area contributed by atoms with Crippen LogP contribution in [-0.4, -0.2) is 23.2 Å². The van der Waals surface area contributed by atoms with Crippen LogP contribution < -0.4 is 5.32 Å². The quantitative estimate of drug-likeness (QED) is 0.820. The van der Waals surface area contributed by atoms with Crippen molar-refractivity contribution in [2.75, 3.05) is 0 Å². The molecule has 2 rings (SSSR count). The fraction of sp³-hybridized carbons (Fsp3) is 0.938. The topological polar surface area (TPSA) is 49.3 Å². The van der Waals surface area contributed by atoms with Crippen LogP contribution in [0.2, 0.25) is 0 Å². The fourth-order valence-electron chi connectivity index (χ4n) is 4.03. The number of carboxylic acids is 1. The van der Waals surface area contributed by atoms with E-state index in [-0.39, 0.29) is 5.92 Å². The lowest BCUT2D eigenvalue weighted by Crippen LogP contribution is -2.48.